The molecule has 3 rings (SSSR count). The van der Waals surface area contributed by atoms with Gasteiger partial charge in [-0.25, -0.2) is 4.98 Å². The Morgan fingerprint density at radius 3 is 3.00 bits per heavy atom. The molecule has 2 heterocycles. The predicted octanol–water partition coefficient (Wildman–Crippen LogP) is 0.740. The van der Waals surface area contributed by atoms with E-state index in [4.69, 9.17) is 0 Å². The lowest BCUT2D eigenvalue weighted by atomic mass is 9.95. The number of hydrogen-bond donors (Lipinski definition) is 3. The number of carbonyl (C=O) groups is 1. The van der Waals surface area contributed by atoms with E-state index < -0.39 is 0 Å². The highest BCUT2D eigenvalue weighted by atomic mass is 16.2. The summed E-state index contributed by atoms with van der Waals surface area (Å²) < 4.78 is 0. The number of H-pyrrole nitrogens is 1. The maximum atomic E-state index is 12.1. The molecule has 1 aromatic heterocycles. The molecule has 19 heavy (non-hydrogen) atoms. The van der Waals surface area contributed by atoms with E-state index in [0.717, 1.165) is 18.7 Å². The fourth-order valence-electron chi connectivity index (χ4n) is 2.33. The minimum Gasteiger partial charge on any atom is -0.349 e. The molecule has 1 atom stereocenters. The average molecular weight is 256 g/mol. The fraction of sp³-hybridized carbons (Fsp3) is 0.286. The number of carbonyl (C=O) groups excluding carboxylic acids is 1. The van der Waals surface area contributed by atoms with Gasteiger partial charge >= 0.3 is 0 Å². The van der Waals surface area contributed by atoms with Crippen LogP contribution in [0.4, 0.5) is 0 Å². The second-order valence-electron chi connectivity index (χ2n) is 4.70. The molecule has 0 radical (unpaired) electrons. The van der Waals surface area contributed by atoms with E-state index >= 15 is 0 Å². The maximum absolute atomic E-state index is 12.1. The molecule has 1 aromatic carbocycles. The number of nitrogens with zero attached hydrogens (tertiary/aromatic N) is 1. The number of imidazole rings is 1. The average Bonchev–Trinajstić information content (AvgIpc) is 2.97. The summed E-state index contributed by atoms with van der Waals surface area (Å²) in [6.07, 6.45) is 4.06. The van der Waals surface area contributed by atoms with Gasteiger partial charge in [-0.1, -0.05) is 24.3 Å². The third kappa shape index (κ3) is 2.66. The van der Waals surface area contributed by atoms with Gasteiger partial charge in [0, 0.05) is 12.7 Å². The third-order valence-electron chi connectivity index (χ3n) is 3.41. The molecular weight excluding hydrogens is 240 g/mol. The van der Waals surface area contributed by atoms with Crippen LogP contribution in [0.1, 0.15) is 16.8 Å². The molecule has 0 saturated carbocycles. The van der Waals surface area contributed by atoms with E-state index in [-0.39, 0.29) is 11.9 Å². The normalized spacial score (nSPS) is 17.8. The number of benzene rings is 1. The lowest BCUT2D eigenvalue weighted by Crippen LogP contribution is -2.47. The molecule has 1 amide bonds. The molecule has 1 aliphatic rings. The van der Waals surface area contributed by atoms with Crippen LogP contribution in [-0.2, 0) is 24.3 Å². The standard InChI is InChI=1S/C14H16N4O/c19-14(17-8-12-7-15-9-18-12)13-5-10-3-1-2-4-11(10)6-16-13/h1-4,7,9,13,16H,5-6,8H2,(H,15,18)(H,17,19). The molecule has 0 aliphatic carbocycles. The molecule has 0 saturated heterocycles. The number of aromatic nitrogens is 2. The van der Waals surface area contributed by atoms with Gasteiger partial charge < -0.3 is 15.6 Å². The minimum absolute atomic E-state index is 0.0316. The van der Waals surface area contributed by atoms with Crippen molar-refractivity contribution in [3.63, 3.8) is 0 Å². The van der Waals surface area contributed by atoms with Crippen LogP contribution in [0.25, 0.3) is 0 Å². The summed E-state index contributed by atoms with van der Waals surface area (Å²) in [5, 5.41) is 6.18. The minimum atomic E-state index is -0.155. The van der Waals surface area contributed by atoms with Crippen LogP contribution < -0.4 is 10.6 Å². The highest BCUT2D eigenvalue weighted by molar-refractivity contribution is 5.82. The van der Waals surface area contributed by atoms with Crippen molar-refractivity contribution in [1.82, 2.24) is 20.6 Å². The zero-order valence-corrected chi connectivity index (χ0v) is 10.5. The van der Waals surface area contributed by atoms with Gasteiger partial charge in [0.15, 0.2) is 0 Å². The van der Waals surface area contributed by atoms with Gasteiger partial charge in [-0.05, 0) is 17.5 Å². The Morgan fingerprint density at radius 1 is 1.37 bits per heavy atom. The highest BCUT2D eigenvalue weighted by Crippen LogP contribution is 2.16. The predicted molar refractivity (Wildman–Crippen MR) is 71.2 cm³/mol. The van der Waals surface area contributed by atoms with Gasteiger partial charge in [0.05, 0.1) is 24.6 Å². The van der Waals surface area contributed by atoms with Crippen molar-refractivity contribution in [3.8, 4) is 0 Å². The second-order valence-corrected chi connectivity index (χ2v) is 4.70. The smallest absolute Gasteiger partial charge is 0.237 e. The first-order chi connectivity index (χ1) is 9.33. The number of hydrogen-bond acceptors (Lipinski definition) is 3. The maximum Gasteiger partial charge on any atom is 0.237 e. The van der Waals surface area contributed by atoms with Crippen LogP contribution >= 0.6 is 0 Å². The molecule has 3 N–H and O–H groups in total. The van der Waals surface area contributed by atoms with Crippen molar-refractivity contribution in [3.05, 3.63) is 53.6 Å². The first kappa shape index (κ1) is 11.9. The van der Waals surface area contributed by atoms with Crippen LogP contribution in [0.5, 0.6) is 0 Å². The quantitative estimate of drug-likeness (QED) is 0.758. The summed E-state index contributed by atoms with van der Waals surface area (Å²) >= 11 is 0. The zero-order chi connectivity index (χ0) is 13.1. The molecule has 0 fully saturated rings. The van der Waals surface area contributed by atoms with E-state index in [1.165, 1.54) is 11.1 Å². The van der Waals surface area contributed by atoms with Crippen molar-refractivity contribution >= 4 is 5.91 Å². The van der Waals surface area contributed by atoms with Crippen molar-refractivity contribution in [2.45, 2.75) is 25.6 Å². The van der Waals surface area contributed by atoms with Gasteiger partial charge in [-0.15, -0.1) is 0 Å². The van der Waals surface area contributed by atoms with Crippen LogP contribution in [0, 0.1) is 0 Å². The number of fused-ring (bicyclic) bond motifs is 1. The lowest BCUT2D eigenvalue weighted by Gasteiger charge is -2.25. The first-order valence-electron chi connectivity index (χ1n) is 6.38. The molecule has 2 aromatic rings. The third-order valence-corrected chi connectivity index (χ3v) is 3.41. The molecule has 1 unspecified atom stereocenters. The largest absolute Gasteiger partial charge is 0.349 e. The number of rotatable bonds is 3. The van der Waals surface area contributed by atoms with Crippen LogP contribution in [0.15, 0.2) is 36.8 Å². The first-order valence-corrected chi connectivity index (χ1v) is 6.38. The second kappa shape index (κ2) is 5.24. The van der Waals surface area contributed by atoms with Crippen LogP contribution in [0.2, 0.25) is 0 Å². The van der Waals surface area contributed by atoms with Crippen molar-refractivity contribution in [2.24, 2.45) is 0 Å². The summed E-state index contributed by atoms with van der Waals surface area (Å²) in [4.78, 5) is 19.0. The van der Waals surface area contributed by atoms with Gasteiger partial charge in [-0.3, -0.25) is 4.79 Å². The van der Waals surface area contributed by atoms with E-state index in [2.05, 4.69) is 32.7 Å². The molecular formula is C14H16N4O. The number of amides is 1. The monoisotopic (exact) mass is 256 g/mol. The molecule has 0 spiro atoms. The summed E-state index contributed by atoms with van der Waals surface area (Å²) in [6, 6.07) is 8.08. The van der Waals surface area contributed by atoms with Gasteiger partial charge in [0.25, 0.3) is 0 Å². The van der Waals surface area contributed by atoms with Crippen molar-refractivity contribution < 1.29 is 4.79 Å². The zero-order valence-electron chi connectivity index (χ0n) is 10.5. The Hall–Kier alpha value is -2.14. The van der Waals surface area contributed by atoms with Crippen LogP contribution in [-0.4, -0.2) is 21.9 Å². The Labute approximate surface area is 111 Å². The Bertz CT molecular complexity index is 565. The van der Waals surface area contributed by atoms with E-state index in [1.54, 1.807) is 12.5 Å². The van der Waals surface area contributed by atoms with Gasteiger partial charge in [0.1, 0.15) is 0 Å². The summed E-state index contributed by atoms with van der Waals surface area (Å²) in [7, 11) is 0. The summed E-state index contributed by atoms with van der Waals surface area (Å²) in [6.45, 7) is 1.23. The topological polar surface area (TPSA) is 69.8 Å². The molecule has 98 valence electrons. The Balaban J connectivity index is 1.60. The lowest BCUT2D eigenvalue weighted by molar-refractivity contribution is -0.123. The Morgan fingerprint density at radius 2 is 2.21 bits per heavy atom. The Kier molecular flexibility index (Phi) is 3.29. The number of aromatic amines is 1. The van der Waals surface area contributed by atoms with Crippen molar-refractivity contribution in [1.29, 1.82) is 0 Å². The highest BCUT2D eigenvalue weighted by Gasteiger charge is 2.23. The van der Waals surface area contributed by atoms with Gasteiger partial charge in [-0.2, -0.15) is 0 Å². The van der Waals surface area contributed by atoms with Gasteiger partial charge in [0.2, 0.25) is 5.91 Å². The molecule has 0 bridgehead atoms. The number of nitrogens with one attached hydrogen (secondary N) is 3. The molecule has 5 heteroatoms. The summed E-state index contributed by atoms with van der Waals surface area (Å²) in [5.41, 5.74) is 3.44. The summed E-state index contributed by atoms with van der Waals surface area (Å²) in [5.74, 6) is 0.0316. The molecule has 5 nitrogen and oxygen atoms in total. The molecule has 1 aliphatic heterocycles. The van der Waals surface area contributed by atoms with Crippen LogP contribution in [0.3, 0.4) is 0 Å². The van der Waals surface area contributed by atoms with Crippen molar-refractivity contribution in [2.75, 3.05) is 0 Å². The van der Waals surface area contributed by atoms with E-state index in [1.807, 2.05) is 12.1 Å². The fourth-order valence-corrected chi connectivity index (χ4v) is 2.33. The SMILES string of the molecule is O=C(NCc1cnc[nH]1)C1Cc2ccccc2CN1. The van der Waals surface area contributed by atoms with E-state index in [0.29, 0.717) is 6.54 Å². The van der Waals surface area contributed by atoms with E-state index in [9.17, 15) is 4.79 Å².